The highest BCUT2D eigenvalue weighted by atomic mass is 16.3. The Morgan fingerprint density at radius 1 is 1.38 bits per heavy atom. The average Bonchev–Trinajstić information content (AvgIpc) is 2.29. The van der Waals surface area contributed by atoms with Gasteiger partial charge in [0.2, 0.25) is 0 Å². The van der Waals surface area contributed by atoms with Gasteiger partial charge in [0.15, 0.2) is 0 Å². The first-order valence-electron chi connectivity index (χ1n) is 5.11. The summed E-state index contributed by atoms with van der Waals surface area (Å²) in [6.07, 6.45) is -0.118. The largest absolute Gasteiger partial charge is 0.388 e. The fourth-order valence-electron chi connectivity index (χ4n) is 1.39. The Hall–Kier alpha value is -1.71. The Kier molecular flexibility index (Phi) is 4.64. The van der Waals surface area contributed by atoms with Crippen molar-refractivity contribution in [1.29, 1.82) is 0 Å². The molecule has 0 aliphatic heterocycles. The van der Waals surface area contributed by atoms with E-state index in [-0.39, 0.29) is 0 Å². The van der Waals surface area contributed by atoms with Crippen LogP contribution in [0.25, 0.3) is 10.4 Å². The molecule has 0 amide bonds. The molecule has 0 saturated heterocycles. The van der Waals surface area contributed by atoms with Crippen LogP contribution in [0.5, 0.6) is 0 Å². The number of aliphatic hydroxyl groups excluding tert-OH is 1. The number of aliphatic hydroxyl groups is 1. The van der Waals surface area contributed by atoms with Crippen molar-refractivity contribution >= 4 is 5.69 Å². The molecule has 1 aromatic rings. The molecule has 1 rings (SSSR count). The van der Waals surface area contributed by atoms with E-state index in [4.69, 9.17) is 5.53 Å². The number of hydrogen-bond acceptors (Lipinski definition) is 3. The van der Waals surface area contributed by atoms with E-state index in [0.717, 1.165) is 11.3 Å². The molecule has 0 spiro atoms. The molecule has 86 valence electrons. The molecular formula is C11H16N4O. The lowest BCUT2D eigenvalue weighted by molar-refractivity contribution is 0.170. The lowest BCUT2D eigenvalue weighted by Gasteiger charge is -2.14. The van der Waals surface area contributed by atoms with Gasteiger partial charge in [0, 0.05) is 31.2 Å². The number of rotatable bonds is 5. The van der Waals surface area contributed by atoms with Gasteiger partial charge in [-0.1, -0.05) is 17.2 Å². The van der Waals surface area contributed by atoms with Gasteiger partial charge in [0.05, 0.1) is 6.10 Å². The Labute approximate surface area is 94.9 Å². The predicted octanol–water partition coefficient (Wildman–Crippen LogP) is 2.49. The van der Waals surface area contributed by atoms with E-state index in [1.807, 2.05) is 43.3 Å². The van der Waals surface area contributed by atoms with Crippen molar-refractivity contribution in [2.24, 2.45) is 5.11 Å². The summed E-state index contributed by atoms with van der Waals surface area (Å²) in [7, 11) is 3.93. The van der Waals surface area contributed by atoms with Crippen LogP contribution >= 0.6 is 0 Å². The van der Waals surface area contributed by atoms with Crippen molar-refractivity contribution in [3.63, 3.8) is 0 Å². The summed E-state index contributed by atoms with van der Waals surface area (Å²) in [5, 5.41) is 13.2. The summed E-state index contributed by atoms with van der Waals surface area (Å²) < 4.78 is 0. The molecule has 5 heteroatoms. The van der Waals surface area contributed by atoms with Crippen LogP contribution in [0.4, 0.5) is 5.69 Å². The minimum absolute atomic E-state index is 0.313. The predicted molar refractivity (Wildman–Crippen MR) is 64.4 cm³/mol. The molecule has 0 aromatic heterocycles. The fourth-order valence-corrected chi connectivity index (χ4v) is 1.39. The Bertz CT molecular complexity index is 368. The molecule has 1 unspecified atom stereocenters. The molecule has 0 aliphatic rings. The van der Waals surface area contributed by atoms with Crippen LogP contribution in [0, 0.1) is 0 Å². The van der Waals surface area contributed by atoms with E-state index in [1.165, 1.54) is 0 Å². The lowest BCUT2D eigenvalue weighted by atomic mass is 10.1. The fraction of sp³-hybridized carbons (Fsp3) is 0.455. The Morgan fingerprint density at radius 3 is 2.50 bits per heavy atom. The summed E-state index contributed by atoms with van der Waals surface area (Å²) in [5.41, 5.74) is 10.1. The smallest absolute Gasteiger partial charge is 0.0791 e. The van der Waals surface area contributed by atoms with Crippen LogP contribution in [-0.4, -0.2) is 25.7 Å². The third-order valence-electron chi connectivity index (χ3n) is 2.36. The normalized spacial score (nSPS) is 11.7. The second-order valence-corrected chi connectivity index (χ2v) is 3.74. The van der Waals surface area contributed by atoms with Crippen molar-refractivity contribution in [2.45, 2.75) is 12.5 Å². The van der Waals surface area contributed by atoms with E-state index in [9.17, 15) is 5.11 Å². The number of nitrogens with zero attached hydrogens (tertiary/aromatic N) is 4. The van der Waals surface area contributed by atoms with E-state index in [1.54, 1.807) is 0 Å². The summed E-state index contributed by atoms with van der Waals surface area (Å²) in [4.78, 5) is 4.64. The zero-order chi connectivity index (χ0) is 12.0. The molecule has 0 saturated carbocycles. The van der Waals surface area contributed by atoms with Gasteiger partial charge in [-0.05, 0) is 29.6 Å². The Balaban J connectivity index is 2.62. The molecule has 1 N–H and O–H groups in total. The molecule has 0 aliphatic carbocycles. The van der Waals surface area contributed by atoms with Gasteiger partial charge in [0.25, 0.3) is 0 Å². The maximum absolute atomic E-state index is 9.78. The first-order chi connectivity index (χ1) is 7.65. The van der Waals surface area contributed by atoms with Gasteiger partial charge < -0.3 is 10.0 Å². The monoisotopic (exact) mass is 220 g/mol. The third kappa shape index (κ3) is 3.46. The van der Waals surface area contributed by atoms with Gasteiger partial charge in [0.1, 0.15) is 0 Å². The molecule has 16 heavy (non-hydrogen) atoms. The topological polar surface area (TPSA) is 72.2 Å². The van der Waals surface area contributed by atoms with E-state index >= 15 is 0 Å². The molecule has 5 nitrogen and oxygen atoms in total. The quantitative estimate of drug-likeness (QED) is 0.470. The summed E-state index contributed by atoms with van der Waals surface area (Å²) >= 11 is 0. The van der Waals surface area contributed by atoms with Crippen molar-refractivity contribution in [2.75, 3.05) is 25.5 Å². The molecule has 0 heterocycles. The maximum atomic E-state index is 9.78. The highest BCUT2D eigenvalue weighted by Gasteiger charge is 2.06. The van der Waals surface area contributed by atoms with Gasteiger partial charge in [-0.3, -0.25) is 0 Å². The molecule has 0 radical (unpaired) electrons. The minimum atomic E-state index is -0.568. The number of benzene rings is 1. The highest BCUT2D eigenvalue weighted by molar-refractivity contribution is 5.46. The lowest BCUT2D eigenvalue weighted by Crippen LogP contribution is -2.08. The van der Waals surface area contributed by atoms with E-state index in [0.29, 0.717) is 13.0 Å². The van der Waals surface area contributed by atoms with Crippen molar-refractivity contribution in [1.82, 2.24) is 0 Å². The molecule has 0 bridgehead atoms. The van der Waals surface area contributed by atoms with Crippen molar-refractivity contribution < 1.29 is 5.11 Å². The first kappa shape index (κ1) is 12.4. The zero-order valence-corrected chi connectivity index (χ0v) is 9.54. The van der Waals surface area contributed by atoms with E-state index < -0.39 is 6.10 Å². The molecular weight excluding hydrogens is 204 g/mol. The number of anilines is 1. The zero-order valence-electron chi connectivity index (χ0n) is 9.54. The van der Waals surface area contributed by atoms with Crippen LogP contribution < -0.4 is 4.90 Å². The van der Waals surface area contributed by atoms with Crippen LogP contribution in [0.15, 0.2) is 29.4 Å². The van der Waals surface area contributed by atoms with Crippen LogP contribution in [-0.2, 0) is 0 Å². The first-order valence-corrected chi connectivity index (χ1v) is 5.11. The third-order valence-corrected chi connectivity index (χ3v) is 2.36. The Morgan fingerprint density at radius 2 is 2.00 bits per heavy atom. The summed E-state index contributed by atoms with van der Waals surface area (Å²) in [5.74, 6) is 0. The second kappa shape index (κ2) is 6.00. The number of hydrogen-bond donors (Lipinski definition) is 1. The van der Waals surface area contributed by atoms with Gasteiger partial charge >= 0.3 is 0 Å². The molecule has 1 aromatic carbocycles. The molecule has 1 atom stereocenters. The summed E-state index contributed by atoms with van der Waals surface area (Å²) in [6.45, 7) is 0.313. The van der Waals surface area contributed by atoms with Gasteiger partial charge in [-0.2, -0.15) is 0 Å². The van der Waals surface area contributed by atoms with Crippen molar-refractivity contribution in [3.8, 4) is 0 Å². The van der Waals surface area contributed by atoms with Gasteiger partial charge in [-0.15, -0.1) is 0 Å². The van der Waals surface area contributed by atoms with Crippen LogP contribution in [0.1, 0.15) is 18.1 Å². The minimum Gasteiger partial charge on any atom is -0.388 e. The van der Waals surface area contributed by atoms with Gasteiger partial charge in [-0.25, -0.2) is 0 Å². The molecule has 0 fully saturated rings. The maximum Gasteiger partial charge on any atom is 0.0791 e. The second-order valence-electron chi connectivity index (χ2n) is 3.74. The van der Waals surface area contributed by atoms with Crippen molar-refractivity contribution in [3.05, 3.63) is 40.3 Å². The van der Waals surface area contributed by atoms with E-state index in [2.05, 4.69) is 10.0 Å². The highest BCUT2D eigenvalue weighted by Crippen LogP contribution is 2.20. The van der Waals surface area contributed by atoms with Crippen LogP contribution in [0.3, 0.4) is 0 Å². The average molecular weight is 220 g/mol. The number of azide groups is 1. The standard InChI is InChI=1S/C11H16N4O/c1-15(2)10-5-3-9(4-6-10)11(16)7-8-13-14-12/h3-6,11,16H,7-8H2,1-2H3. The SMILES string of the molecule is CN(C)c1ccc(C(O)CCN=[N+]=[N-])cc1. The summed E-state index contributed by atoms with van der Waals surface area (Å²) in [6, 6.07) is 7.67. The van der Waals surface area contributed by atoms with Crippen LogP contribution in [0.2, 0.25) is 0 Å².